The van der Waals surface area contributed by atoms with E-state index in [4.69, 9.17) is 5.11 Å². The average molecular weight is 263 g/mol. The molecular formula is C14H21N3O2. The molecule has 0 saturated carbocycles. The molecule has 1 aliphatic rings. The van der Waals surface area contributed by atoms with E-state index in [1.165, 1.54) is 0 Å². The number of nitrogens with zero attached hydrogens (tertiary/aromatic N) is 3. The number of aryl methyl sites for hydroxylation is 1. The standard InChI is InChI=1S/C14H21N3O2/c1-10-7-11(9-18)8-15-12(10)17-6-5-16(4)13(19)14(17,2)3/h7-8,18H,5-6,9H2,1-4H3. The third-order valence-corrected chi connectivity index (χ3v) is 3.75. The molecule has 1 amide bonds. The van der Waals surface area contributed by atoms with Crippen molar-refractivity contribution in [2.45, 2.75) is 32.9 Å². The van der Waals surface area contributed by atoms with Crippen molar-refractivity contribution in [2.75, 3.05) is 25.0 Å². The Morgan fingerprint density at radius 2 is 2.11 bits per heavy atom. The number of hydrogen-bond acceptors (Lipinski definition) is 4. The summed E-state index contributed by atoms with van der Waals surface area (Å²) in [6, 6.07) is 1.92. The molecule has 1 N–H and O–H groups in total. The molecule has 0 bridgehead atoms. The highest BCUT2D eigenvalue weighted by atomic mass is 16.3. The number of carbonyl (C=O) groups excluding carboxylic acids is 1. The van der Waals surface area contributed by atoms with Crippen molar-refractivity contribution >= 4 is 11.7 Å². The monoisotopic (exact) mass is 263 g/mol. The highest BCUT2D eigenvalue weighted by Gasteiger charge is 2.41. The molecule has 1 fully saturated rings. The summed E-state index contributed by atoms with van der Waals surface area (Å²) in [7, 11) is 1.83. The van der Waals surface area contributed by atoms with Gasteiger partial charge in [-0.3, -0.25) is 4.79 Å². The molecule has 2 rings (SSSR count). The number of hydrogen-bond donors (Lipinski definition) is 1. The minimum atomic E-state index is -0.592. The number of aliphatic hydroxyl groups is 1. The van der Waals surface area contributed by atoms with Gasteiger partial charge in [0.1, 0.15) is 11.4 Å². The number of piperazine rings is 1. The number of aromatic nitrogens is 1. The molecule has 2 heterocycles. The largest absolute Gasteiger partial charge is 0.392 e. The first-order chi connectivity index (χ1) is 8.87. The van der Waals surface area contributed by atoms with Crippen LogP contribution >= 0.6 is 0 Å². The first-order valence-electron chi connectivity index (χ1n) is 6.47. The van der Waals surface area contributed by atoms with Crippen LogP contribution in [0, 0.1) is 6.92 Å². The molecule has 1 aromatic heterocycles. The second-order valence-corrected chi connectivity index (χ2v) is 5.58. The van der Waals surface area contributed by atoms with E-state index in [0.717, 1.165) is 23.5 Å². The second kappa shape index (κ2) is 4.81. The van der Waals surface area contributed by atoms with Gasteiger partial charge in [-0.15, -0.1) is 0 Å². The predicted molar refractivity (Wildman–Crippen MR) is 74.0 cm³/mol. The van der Waals surface area contributed by atoms with Crippen molar-refractivity contribution in [3.05, 3.63) is 23.4 Å². The van der Waals surface area contributed by atoms with Crippen LogP contribution in [0.25, 0.3) is 0 Å². The van der Waals surface area contributed by atoms with Crippen LogP contribution in [-0.2, 0) is 11.4 Å². The molecule has 1 aliphatic heterocycles. The summed E-state index contributed by atoms with van der Waals surface area (Å²) >= 11 is 0. The van der Waals surface area contributed by atoms with E-state index in [2.05, 4.69) is 4.98 Å². The van der Waals surface area contributed by atoms with Crippen LogP contribution in [0.5, 0.6) is 0 Å². The van der Waals surface area contributed by atoms with Crippen LogP contribution in [0.2, 0.25) is 0 Å². The lowest BCUT2D eigenvalue weighted by Gasteiger charge is -2.45. The fourth-order valence-corrected chi connectivity index (χ4v) is 2.58. The molecule has 0 aromatic carbocycles. The zero-order valence-electron chi connectivity index (χ0n) is 12.0. The SMILES string of the molecule is Cc1cc(CO)cnc1N1CCN(C)C(=O)C1(C)C. The Labute approximate surface area is 113 Å². The Morgan fingerprint density at radius 1 is 1.42 bits per heavy atom. The number of aliphatic hydroxyl groups excluding tert-OH is 1. The van der Waals surface area contributed by atoms with Gasteiger partial charge in [0.05, 0.1) is 6.61 Å². The molecule has 19 heavy (non-hydrogen) atoms. The topological polar surface area (TPSA) is 56.7 Å². The van der Waals surface area contributed by atoms with Gasteiger partial charge in [0.2, 0.25) is 5.91 Å². The molecule has 0 atom stereocenters. The van der Waals surface area contributed by atoms with Gasteiger partial charge in [0.15, 0.2) is 0 Å². The third kappa shape index (κ3) is 2.30. The van der Waals surface area contributed by atoms with E-state index in [-0.39, 0.29) is 12.5 Å². The summed E-state index contributed by atoms with van der Waals surface area (Å²) < 4.78 is 0. The van der Waals surface area contributed by atoms with E-state index in [1.807, 2.05) is 38.8 Å². The fourth-order valence-electron chi connectivity index (χ4n) is 2.58. The van der Waals surface area contributed by atoms with Gasteiger partial charge in [0, 0.05) is 26.3 Å². The van der Waals surface area contributed by atoms with Gasteiger partial charge in [0.25, 0.3) is 0 Å². The van der Waals surface area contributed by atoms with Crippen LogP contribution in [0.1, 0.15) is 25.0 Å². The van der Waals surface area contributed by atoms with E-state index < -0.39 is 5.54 Å². The highest BCUT2D eigenvalue weighted by molar-refractivity contribution is 5.90. The number of carbonyl (C=O) groups is 1. The molecule has 104 valence electrons. The molecular weight excluding hydrogens is 242 g/mol. The Hall–Kier alpha value is -1.62. The summed E-state index contributed by atoms with van der Waals surface area (Å²) in [4.78, 5) is 20.5. The number of amides is 1. The van der Waals surface area contributed by atoms with Gasteiger partial charge >= 0.3 is 0 Å². The predicted octanol–water partition coefficient (Wildman–Crippen LogP) is 0.939. The number of rotatable bonds is 2. The third-order valence-electron chi connectivity index (χ3n) is 3.75. The second-order valence-electron chi connectivity index (χ2n) is 5.58. The van der Waals surface area contributed by atoms with Crippen molar-refractivity contribution in [1.29, 1.82) is 0 Å². The quantitative estimate of drug-likeness (QED) is 0.863. The van der Waals surface area contributed by atoms with Gasteiger partial charge in [-0.1, -0.05) is 0 Å². The van der Waals surface area contributed by atoms with Crippen LogP contribution in [0.15, 0.2) is 12.3 Å². The minimum absolute atomic E-state index is 0.0147. The molecule has 5 nitrogen and oxygen atoms in total. The maximum absolute atomic E-state index is 12.3. The zero-order chi connectivity index (χ0) is 14.2. The summed E-state index contributed by atoms with van der Waals surface area (Å²) in [6.07, 6.45) is 1.67. The number of likely N-dealkylation sites (N-methyl/N-ethyl adjacent to an activating group) is 1. The summed E-state index contributed by atoms with van der Waals surface area (Å²) in [5.74, 6) is 0.926. The number of pyridine rings is 1. The lowest BCUT2D eigenvalue weighted by molar-refractivity contribution is -0.136. The Morgan fingerprint density at radius 3 is 2.68 bits per heavy atom. The van der Waals surface area contributed by atoms with Crippen molar-refractivity contribution in [2.24, 2.45) is 0 Å². The molecule has 1 saturated heterocycles. The highest BCUT2D eigenvalue weighted by Crippen LogP contribution is 2.29. The van der Waals surface area contributed by atoms with Gasteiger partial charge in [-0.2, -0.15) is 0 Å². The van der Waals surface area contributed by atoms with Crippen molar-refractivity contribution in [3.8, 4) is 0 Å². The first kappa shape index (κ1) is 13.8. The summed E-state index contributed by atoms with van der Waals surface area (Å²) in [5, 5.41) is 9.13. The Balaban J connectivity index is 2.38. The smallest absolute Gasteiger partial charge is 0.247 e. The molecule has 5 heteroatoms. The van der Waals surface area contributed by atoms with E-state index in [1.54, 1.807) is 11.1 Å². The number of anilines is 1. The Bertz CT molecular complexity index is 499. The van der Waals surface area contributed by atoms with E-state index in [9.17, 15) is 4.79 Å². The minimum Gasteiger partial charge on any atom is -0.392 e. The first-order valence-corrected chi connectivity index (χ1v) is 6.47. The van der Waals surface area contributed by atoms with Crippen molar-refractivity contribution in [3.63, 3.8) is 0 Å². The maximum Gasteiger partial charge on any atom is 0.247 e. The van der Waals surface area contributed by atoms with Gasteiger partial charge in [-0.25, -0.2) is 4.98 Å². The van der Waals surface area contributed by atoms with Crippen LogP contribution < -0.4 is 4.90 Å². The van der Waals surface area contributed by atoms with Crippen LogP contribution in [-0.4, -0.2) is 46.6 Å². The summed E-state index contributed by atoms with van der Waals surface area (Å²) in [6.45, 7) is 7.25. The van der Waals surface area contributed by atoms with E-state index in [0.29, 0.717) is 6.54 Å². The van der Waals surface area contributed by atoms with Gasteiger partial charge < -0.3 is 14.9 Å². The van der Waals surface area contributed by atoms with E-state index >= 15 is 0 Å². The maximum atomic E-state index is 12.3. The fraction of sp³-hybridized carbons (Fsp3) is 0.571. The lowest BCUT2D eigenvalue weighted by atomic mass is 9.97. The Kier molecular flexibility index (Phi) is 3.49. The van der Waals surface area contributed by atoms with Gasteiger partial charge in [-0.05, 0) is 38.0 Å². The van der Waals surface area contributed by atoms with Crippen LogP contribution in [0.4, 0.5) is 5.82 Å². The molecule has 0 spiro atoms. The normalized spacial score (nSPS) is 18.9. The average Bonchev–Trinajstić information content (AvgIpc) is 2.37. The molecule has 1 aromatic rings. The zero-order valence-corrected chi connectivity index (χ0v) is 12.0. The van der Waals surface area contributed by atoms with Crippen LogP contribution in [0.3, 0.4) is 0 Å². The van der Waals surface area contributed by atoms with Crippen molar-refractivity contribution in [1.82, 2.24) is 9.88 Å². The summed E-state index contributed by atoms with van der Waals surface area (Å²) in [5.41, 5.74) is 1.18. The lowest BCUT2D eigenvalue weighted by Crippen LogP contribution is -2.62. The molecule has 0 aliphatic carbocycles. The molecule has 0 unspecified atom stereocenters. The molecule has 0 radical (unpaired) electrons. The van der Waals surface area contributed by atoms with Crippen molar-refractivity contribution < 1.29 is 9.90 Å².